The van der Waals surface area contributed by atoms with Crippen LogP contribution in [0.2, 0.25) is 0 Å². The van der Waals surface area contributed by atoms with Crippen LogP contribution in [-0.2, 0) is 9.59 Å². The highest BCUT2D eigenvalue weighted by atomic mass is 16.1. The van der Waals surface area contributed by atoms with Crippen LogP contribution in [-0.4, -0.2) is 31.5 Å². The second-order valence-electron chi connectivity index (χ2n) is 6.55. The lowest BCUT2D eigenvalue weighted by atomic mass is 10.1. The van der Waals surface area contributed by atoms with E-state index in [-0.39, 0.29) is 17.5 Å². The van der Waals surface area contributed by atoms with Crippen LogP contribution in [0, 0.1) is 26.7 Å². The lowest BCUT2D eigenvalue weighted by molar-refractivity contribution is -0.117. The van der Waals surface area contributed by atoms with Crippen LogP contribution in [0.25, 0.3) is 12.2 Å². The second-order valence-corrected chi connectivity index (χ2v) is 6.55. The minimum absolute atomic E-state index is 0.0327. The molecule has 162 valence electrons. The zero-order valence-corrected chi connectivity index (χ0v) is 19.4. The Morgan fingerprint density at radius 3 is 2.07 bits per heavy atom. The Balaban J connectivity index is 0.000000522. The summed E-state index contributed by atoms with van der Waals surface area (Å²) in [5.74, 6) is 1.70. The summed E-state index contributed by atoms with van der Waals surface area (Å²) >= 11 is 0. The van der Waals surface area contributed by atoms with Crippen LogP contribution in [0.3, 0.4) is 0 Å². The van der Waals surface area contributed by atoms with E-state index in [0.717, 1.165) is 22.9 Å². The number of hydrogen-bond acceptors (Lipinski definition) is 6. The van der Waals surface area contributed by atoms with Crippen molar-refractivity contribution in [3.05, 3.63) is 59.2 Å². The van der Waals surface area contributed by atoms with E-state index in [4.69, 9.17) is 0 Å². The molecule has 0 bridgehead atoms. The number of hydrogen-bond donors (Lipinski definition) is 0. The number of aryl methyl sites for hydroxylation is 3. The van der Waals surface area contributed by atoms with Gasteiger partial charge in [0.25, 0.3) is 0 Å². The number of ketones is 2. The molecular formula is C24H34N4O2. The fourth-order valence-corrected chi connectivity index (χ4v) is 2.05. The maximum atomic E-state index is 11.4. The first-order valence-electron chi connectivity index (χ1n) is 10.3. The Hall–Kier alpha value is -3.02. The van der Waals surface area contributed by atoms with Crippen molar-refractivity contribution in [2.75, 3.05) is 0 Å². The van der Waals surface area contributed by atoms with Gasteiger partial charge in [0.05, 0.1) is 11.4 Å². The minimum atomic E-state index is 0.0327. The first-order chi connectivity index (χ1) is 14.2. The van der Waals surface area contributed by atoms with Gasteiger partial charge in [-0.1, -0.05) is 34.6 Å². The molecule has 0 amide bonds. The van der Waals surface area contributed by atoms with Gasteiger partial charge in [0.1, 0.15) is 11.6 Å². The lowest BCUT2D eigenvalue weighted by Gasteiger charge is -1.99. The molecule has 0 spiro atoms. The van der Waals surface area contributed by atoms with Crippen LogP contribution in [0.1, 0.15) is 69.8 Å². The Labute approximate surface area is 180 Å². The molecule has 2 aromatic heterocycles. The molecule has 2 heterocycles. The molecule has 0 atom stereocenters. The summed E-state index contributed by atoms with van der Waals surface area (Å²) in [5, 5.41) is 0. The standard InChI is InChI=1S/C12H16N2O.C10H12N2O.C2H6/c1-8(2)12(15)6-5-11-7-9(3)13-10(4)14-11;1-3-10(13)5-4-9-6-7-11-8(2)12-9;1-2/h5-8H,1-4H3;4-7H,3H2,1-2H3;1-2H3/b6-5+;5-4+;. The number of rotatable bonds is 6. The summed E-state index contributed by atoms with van der Waals surface area (Å²) in [6, 6.07) is 3.63. The highest BCUT2D eigenvalue weighted by Gasteiger charge is 2.02. The van der Waals surface area contributed by atoms with Gasteiger partial charge in [-0.3, -0.25) is 9.59 Å². The predicted molar refractivity (Wildman–Crippen MR) is 123 cm³/mol. The van der Waals surface area contributed by atoms with Crippen molar-refractivity contribution in [2.45, 2.75) is 61.8 Å². The molecule has 6 nitrogen and oxygen atoms in total. The maximum absolute atomic E-state index is 11.4. The maximum Gasteiger partial charge on any atom is 0.158 e. The van der Waals surface area contributed by atoms with Crippen LogP contribution < -0.4 is 0 Å². The fraction of sp³-hybridized carbons (Fsp3) is 0.417. The third kappa shape index (κ3) is 11.7. The molecular weight excluding hydrogens is 376 g/mol. The molecule has 0 aromatic carbocycles. The summed E-state index contributed by atoms with van der Waals surface area (Å²) in [7, 11) is 0. The van der Waals surface area contributed by atoms with Gasteiger partial charge < -0.3 is 0 Å². The molecule has 0 radical (unpaired) electrons. The number of nitrogens with zero attached hydrogens (tertiary/aromatic N) is 4. The zero-order valence-electron chi connectivity index (χ0n) is 19.4. The average molecular weight is 411 g/mol. The van der Waals surface area contributed by atoms with Crippen molar-refractivity contribution >= 4 is 23.7 Å². The van der Waals surface area contributed by atoms with Crippen molar-refractivity contribution in [3.63, 3.8) is 0 Å². The molecule has 0 unspecified atom stereocenters. The van der Waals surface area contributed by atoms with E-state index in [1.54, 1.807) is 36.6 Å². The van der Waals surface area contributed by atoms with E-state index >= 15 is 0 Å². The van der Waals surface area contributed by atoms with Crippen molar-refractivity contribution in [3.8, 4) is 0 Å². The number of aromatic nitrogens is 4. The molecule has 0 aliphatic heterocycles. The third-order valence-corrected chi connectivity index (χ3v) is 3.56. The van der Waals surface area contributed by atoms with Crippen molar-refractivity contribution in [1.29, 1.82) is 0 Å². The van der Waals surface area contributed by atoms with Gasteiger partial charge in [0.2, 0.25) is 0 Å². The van der Waals surface area contributed by atoms with Crippen molar-refractivity contribution < 1.29 is 9.59 Å². The van der Waals surface area contributed by atoms with E-state index in [0.29, 0.717) is 12.2 Å². The zero-order chi connectivity index (χ0) is 23.1. The van der Waals surface area contributed by atoms with Gasteiger partial charge in [0, 0.05) is 24.2 Å². The van der Waals surface area contributed by atoms with Crippen molar-refractivity contribution in [2.24, 2.45) is 5.92 Å². The van der Waals surface area contributed by atoms with Crippen LogP contribution in [0.5, 0.6) is 0 Å². The van der Waals surface area contributed by atoms with Gasteiger partial charge in [0.15, 0.2) is 11.6 Å². The normalized spacial score (nSPS) is 10.4. The summed E-state index contributed by atoms with van der Waals surface area (Å²) in [4.78, 5) is 38.8. The molecule has 6 heteroatoms. The van der Waals surface area contributed by atoms with E-state index in [9.17, 15) is 9.59 Å². The molecule has 0 aliphatic rings. The number of allylic oxidation sites excluding steroid dienone is 2. The SMILES string of the molecule is CC.CCC(=O)/C=C/c1ccnc(C)n1.Cc1cc(/C=C/C(=O)C(C)C)nc(C)n1. The number of carbonyl (C=O) groups is 2. The second kappa shape index (κ2) is 14.9. The quantitative estimate of drug-likeness (QED) is 0.613. The fourth-order valence-electron chi connectivity index (χ4n) is 2.05. The molecule has 0 aliphatic carbocycles. The smallest absolute Gasteiger partial charge is 0.158 e. The van der Waals surface area contributed by atoms with E-state index in [2.05, 4.69) is 19.9 Å². The Kier molecular flexibility index (Phi) is 13.4. The average Bonchev–Trinajstić information content (AvgIpc) is 2.71. The largest absolute Gasteiger partial charge is 0.295 e. The minimum Gasteiger partial charge on any atom is -0.295 e. The van der Waals surface area contributed by atoms with Gasteiger partial charge in [-0.15, -0.1) is 0 Å². The predicted octanol–water partition coefficient (Wildman–Crippen LogP) is 5.14. The Morgan fingerprint density at radius 1 is 0.933 bits per heavy atom. The van der Waals surface area contributed by atoms with Crippen LogP contribution >= 0.6 is 0 Å². The lowest BCUT2D eigenvalue weighted by Crippen LogP contribution is -2.02. The van der Waals surface area contributed by atoms with Gasteiger partial charge in [-0.25, -0.2) is 19.9 Å². The monoisotopic (exact) mass is 410 g/mol. The first kappa shape index (κ1) is 27.0. The highest BCUT2D eigenvalue weighted by molar-refractivity contribution is 5.94. The van der Waals surface area contributed by atoms with Crippen LogP contribution in [0.4, 0.5) is 0 Å². The molecule has 0 saturated heterocycles. The summed E-state index contributed by atoms with van der Waals surface area (Å²) in [6.07, 6.45) is 8.77. The van der Waals surface area contributed by atoms with Gasteiger partial charge in [-0.05, 0) is 57.2 Å². The first-order valence-corrected chi connectivity index (χ1v) is 10.3. The summed E-state index contributed by atoms with van der Waals surface area (Å²) < 4.78 is 0. The summed E-state index contributed by atoms with van der Waals surface area (Å²) in [5.41, 5.74) is 2.47. The summed E-state index contributed by atoms with van der Waals surface area (Å²) in [6.45, 7) is 15.2. The third-order valence-electron chi connectivity index (χ3n) is 3.56. The van der Waals surface area contributed by atoms with Crippen molar-refractivity contribution in [1.82, 2.24) is 19.9 Å². The molecule has 0 fully saturated rings. The topological polar surface area (TPSA) is 85.7 Å². The van der Waals surface area contributed by atoms with Gasteiger partial charge >= 0.3 is 0 Å². The molecule has 2 aromatic rings. The highest BCUT2D eigenvalue weighted by Crippen LogP contribution is 2.04. The van der Waals surface area contributed by atoms with E-state index in [1.807, 2.05) is 61.5 Å². The molecule has 0 saturated carbocycles. The number of carbonyl (C=O) groups excluding carboxylic acids is 2. The molecule has 30 heavy (non-hydrogen) atoms. The van der Waals surface area contributed by atoms with Crippen LogP contribution in [0.15, 0.2) is 30.5 Å². The van der Waals surface area contributed by atoms with E-state index < -0.39 is 0 Å². The Morgan fingerprint density at radius 2 is 1.53 bits per heavy atom. The molecule has 0 N–H and O–H groups in total. The van der Waals surface area contributed by atoms with Gasteiger partial charge in [-0.2, -0.15) is 0 Å². The Bertz CT molecular complexity index is 851. The molecule has 2 rings (SSSR count). The van der Waals surface area contributed by atoms with E-state index in [1.165, 1.54) is 0 Å².